The summed E-state index contributed by atoms with van der Waals surface area (Å²) in [7, 11) is 0. The second-order valence-corrected chi connectivity index (χ2v) is 19.8. The fourth-order valence-electron chi connectivity index (χ4n) is 7.29. The number of nitrogens with one attached hydrogen (secondary N) is 3. The Morgan fingerprint density at radius 2 is 1.51 bits per heavy atom. The lowest BCUT2D eigenvalue weighted by Gasteiger charge is -2.35. The van der Waals surface area contributed by atoms with Gasteiger partial charge in [-0.25, -0.2) is 9.78 Å². The number of amides is 5. The summed E-state index contributed by atoms with van der Waals surface area (Å²) in [5.41, 5.74) is 10.8. The van der Waals surface area contributed by atoms with Gasteiger partial charge in [-0.05, 0) is 81.5 Å². The zero-order valence-corrected chi connectivity index (χ0v) is 41.2. The maximum atomic E-state index is 13.9. The van der Waals surface area contributed by atoms with Crippen molar-refractivity contribution >= 4 is 41.1 Å². The predicted octanol–water partition coefficient (Wildman–Crippen LogP) is 4.97. The molecule has 370 valence electrons. The molecule has 1 fully saturated rings. The number of hydrogen-bond acceptors (Lipinski definition) is 13. The monoisotopic (exact) mass is 952 g/mol. The molecule has 0 aliphatic carbocycles. The van der Waals surface area contributed by atoms with E-state index in [2.05, 4.69) is 20.9 Å². The summed E-state index contributed by atoms with van der Waals surface area (Å²) in [5.74, 6) is -1.76. The van der Waals surface area contributed by atoms with E-state index in [0.29, 0.717) is 32.8 Å². The number of rotatable bonds is 26. The molecule has 1 saturated heterocycles. The Kier molecular flexibility index (Phi) is 21.6. The third-order valence-corrected chi connectivity index (χ3v) is 11.9. The number of aryl methyl sites for hydroxylation is 2. The lowest BCUT2D eigenvalue weighted by molar-refractivity contribution is -0.144. The van der Waals surface area contributed by atoms with E-state index in [1.807, 2.05) is 88.7 Å². The molecular formula is C49H72N6O11S. The molecule has 0 radical (unpaired) electrons. The van der Waals surface area contributed by atoms with Crippen LogP contribution in [0.25, 0.3) is 10.4 Å². The zero-order chi connectivity index (χ0) is 49.1. The van der Waals surface area contributed by atoms with Crippen LogP contribution in [0.5, 0.6) is 0 Å². The lowest BCUT2D eigenvalue weighted by Crippen LogP contribution is -2.58. The van der Waals surface area contributed by atoms with Gasteiger partial charge in [0.25, 0.3) is 0 Å². The van der Waals surface area contributed by atoms with Crippen molar-refractivity contribution in [3.8, 4) is 10.4 Å². The first-order chi connectivity index (χ1) is 31.7. The quantitative estimate of drug-likeness (QED) is 0.0672. The molecule has 67 heavy (non-hydrogen) atoms. The molecule has 0 unspecified atom stereocenters. The predicted molar refractivity (Wildman–Crippen MR) is 255 cm³/mol. The molecule has 1 aliphatic rings. The molecule has 1 aliphatic heterocycles. The fraction of sp³-hybridized carbons (Fsp3) is 0.592. The van der Waals surface area contributed by atoms with Gasteiger partial charge in [0, 0.05) is 32.5 Å². The van der Waals surface area contributed by atoms with Crippen LogP contribution in [-0.2, 0) is 62.4 Å². The maximum absolute atomic E-state index is 13.9. The number of aromatic nitrogens is 1. The average Bonchev–Trinajstić information content (AvgIpc) is 3.88. The van der Waals surface area contributed by atoms with Gasteiger partial charge in [0.1, 0.15) is 24.3 Å². The highest BCUT2D eigenvalue weighted by Crippen LogP contribution is 2.28. The first-order valence-corrected chi connectivity index (χ1v) is 23.8. The minimum absolute atomic E-state index is 0.0188. The number of benzene rings is 2. The fourth-order valence-corrected chi connectivity index (χ4v) is 8.10. The Morgan fingerprint density at radius 1 is 0.881 bits per heavy atom. The van der Waals surface area contributed by atoms with Crippen molar-refractivity contribution < 1.29 is 52.8 Å². The van der Waals surface area contributed by atoms with E-state index >= 15 is 0 Å². The van der Waals surface area contributed by atoms with Crippen LogP contribution >= 0.6 is 11.3 Å². The SMILES string of the molecule is Cc1ncsc1-c1ccc(CNC(=O)[C@@H]2C[C@@H](O)CN2C(=O)[C@@H](NC(=O)COCCOCCOCCCc2ccc(CO[C@H](C)[C@H](CCC(N)=O)NC(=O)OC(C)(C)C)cc2)C(C)(C)C)cc1. The topological polar surface area (TPSA) is 230 Å². The zero-order valence-electron chi connectivity index (χ0n) is 40.4. The molecule has 4 rings (SSSR count). The van der Waals surface area contributed by atoms with Crippen LogP contribution in [-0.4, -0.2) is 127 Å². The summed E-state index contributed by atoms with van der Waals surface area (Å²) in [5, 5.41) is 19.1. The molecule has 0 saturated carbocycles. The molecule has 5 atom stereocenters. The number of thiazole rings is 1. The van der Waals surface area contributed by atoms with Gasteiger partial charge in [-0.15, -0.1) is 11.3 Å². The van der Waals surface area contributed by atoms with Crippen molar-refractivity contribution in [1.29, 1.82) is 0 Å². The van der Waals surface area contributed by atoms with Gasteiger partial charge in [-0.2, -0.15) is 0 Å². The maximum Gasteiger partial charge on any atom is 0.407 e. The summed E-state index contributed by atoms with van der Waals surface area (Å²) >= 11 is 1.57. The van der Waals surface area contributed by atoms with Crippen molar-refractivity contribution in [2.45, 2.75) is 137 Å². The van der Waals surface area contributed by atoms with E-state index in [0.717, 1.165) is 45.7 Å². The number of likely N-dealkylation sites (tertiary alicyclic amines) is 1. The number of hydrogen-bond donors (Lipinski definition) is 5. The molecule has 2 heterocycles. The molecule has 6 N–H and O–H groups in total. The minimum Gasteiger partial charge on any atom is -0.444 e. The van der Waals surface area contributed by atoms with Gasteiger partial charge in [-0.3, -0.25) is 19.2 Å². The van der Waals surface area contributed by atoms with E-state index < -0.39 is 65.2 Å². The van der Waals surface area contributed by atoms with Gasteiger partial charge in [0.05, 0.1) is 67.4 Å². The summed E-state index contributed by atoms with van der Waals surface area (Å²) in [4.78, 5) is 70.8. The smallest absolute Gasteiger partial charge is 0.407 e. The van der Waals surface area contributed by atoms with Crippen LogP contribution < -0.4 is 21.7 Å². The Hall–Kier alpha value is -4.98. The van der Waals surface area contributed by atoms with Crippen molar-refractivity contribution in [2.75, 3.05) is 46.2 Å². The molecule has 1 aromatic heterocycles. The van der Waals surface area contributed by atoms with E-state index in [1.54, 1.807) is 32.1 Å². The molecule has 2 aromatic carbocycles. The average molecular weight is 953 g/mol. The number of aliphatic hydroxyl groups is 1. The van der Waals surface area contributed by atoms with Crippen molar-refractivity contribution in [2.24, 2.45) is 11.1 Å². The largest absolute Gasteiger partial charge is 0.444 e. The summed E-state index contributed by atoms with van der Waals surface area (Å²) in [6.45, 7) is 16.6. The second kappa shape index (κ2) is 26.5. The number of β-amino-alcohol motifs (C(OH)–C–C–N with tert-alkyl or cyclic N) is 1. The van der Waals surface area contributed by atoms with Gasteiger partial charge >= 0.3 is 6.09 Å². The Labute approximate surface area is 399 Å². The highest BCUT2D eigenvalue weighted by Gasteiger charge is 2.44. The van der Waals surface area contributed by atoms with Gasteiger partial charge in [0.2, 0.25) is 23.6 Å². The normalized spacial score (nSPS) is 16.5. The van der Waals surface area contributed by atoms with Gasteiger partial charge in [-0.1, -0.05) is 69.3 Å². The van der Waals surface area contributed by atoms with Crippen LogP contribution in [0.2, 0.25) is 0 Å². The van der Waals surface area contributed by atoms with E-state index in [9.17, 15) is 29.1 Å². The Balaban J connectivity index is 1.08. The number of aliphatic hydroxyl groups excluding tert-OH is 1. The molecule has 3 aromatic rings. The molecule has 0 spiro atoms. The van der Waals surface area contributed by atoms with E-state index in [4.69, 9.17) is 29.4 Å². The van der Waals surface area contributed by atoms with Crippen LogP contribution in [0.1, 0.15) is 96.5 Å². The van der Waals surface area contributed by atoms with Crippen LogP contribution in [0, 0.1) is 12.3 Å². The van der Waals surface area contributed by atoms with Gasteiger partial charge < -0.3 is 55.4 Å². The summed E-state index contributed by atoms with van der Waals surface area (Å²) < 4.78 is 28.3. The number of ether oxygens (including phenoxy) is 5. The standard InChI is InChI=1S/C49H72N6O11S/c1-32-43(67-31-52-32)37-17-15-35(16-18-37)27-51-45(59)40-26-38(56)28-55(40)46(60)44(48(3,4)5)54-42(58)30-64-25-24-63-23-22-62-21-9-10-34-11-13-36(14-12-34)29-65-33(2)39(19-20-41(50)57)53-47(61)66-49(6,7)8/h11-18,31,33,38-40,44,56H,9-10,19-30H2,1-8H3,(H2,50,57)(H,51,59)(H,53,61)(H,54,58)/t33-,38-,39+,40+,44-/m1/s1. The first kappa shape index (κ1) is 54.6. The molecule has 5 amide bonds. The number of carbonyl (C=O) groups excluding carboxylic acids is 5. The second-order valence-electron chi connectivity index (χ2n) is 18.9. The lowest BCUT2D eigenvalue weighted by atomic mass is 9.85. The first-order valence-electron chi connectivity index (χ1n) is 23.0. The summed E-state index contributed by atoms with van der Waals surface area (Å²) in [6, 6.07) is 13.6. The molecular weight excluding hydrogens is 881 g/mol. The number of carbonyl (C=O) groups is 5. The highest BCUT2D eigenvalue weighted by atomic mass is 32.1. The van der Waals surface area contributed by atoms with Gasteiger partial charge in [0.15, 0.2) is 0 Å². The number of alkyl carbamates (subject to hydrolysis) is 1. The summed E-state index contributed by atoms with van der Waals surface area (Å²) in [6.07, 6.45) is 0.323. The third-order valence-electron chi connectivity index (χ3n) is 10.9. The van der Waals surface area contributed by atoms with Crippen molar-refractivity contribution in [3.63, 3.8) is 0 Å². The number of nitrogens with zero attached hydrogens (tertiary/aromatic N) is 2. The minimum atomic E-state index is -0.966. The Morgan fingerprint density at radius 3 is 2.12 bits per heavy atom. The van der Waals surface area contributed by atoms with E-state index in [-0.39, 0.29) is 51.7 Å². The molecule has 17 nitrogen and oxygen atoms in total. The van der Waals surface area contributed by atoms with Crippen molar-refractivity contribution in [3.05, 3.63) is 76.4 Å². The van der Waals surface area contributed by atoms with Crippen LogP contribution in [0.15, 0.2) is 54.0 Å². The number of nitrogens with two attached hydrogens (primary N) is 1. The van der Waals surface area contributed by atoms with Crippen molar-refractivity contribution in [1.82, 2.24) is 25.8 Å². The van der Waals surface area contributed by atoms with E-state index in [1.165, 1.54) is 4.90 Å². The molecule has 0 bridgehead atoms. The molecule has 18 heteroatoms. The van der Waals surface area contributed by atoms with Crippen LogP contribution in [0.3, 0.4) is 0 Å². The highest BCUT2D eigenvalue weighted by molar-refractivity contribution is 7.13. The van der Waals surface area contributed by atoms with Crippen LogP contribution in [0.4, 0.5) is 4.79 Å². The number of primary amides is 1. The third kappa shape index (κ3) is 19.3. The Bertz CT molecular complexity index is 2030.